The van der Waals surface area contributed by atoms with Gasteiger partial charge in [-0.2, -0.15) is 20.5 Å². The first-order valence-corrected chi connectivity index (χ1v) is 5.52. The van der Waals surface area contributed by atoms with Crippen molar-refractivity contribution in [3.05, 3.63) is 29.8 Å². The maximum atomic E-state index is 12.2. The third-order valence-electron chi connectivity index (χ3n) is 3.03. The maximum Gasteiger partial charge on any atom is 0.276 e. The van der Waals surface area contributed by atoms with Crippen LogP contribution in [0.1, 0.15) is 35.1 Å². The van der Waals surface area contributed by atoms with Crippen LogP contribution in [0.25, 0.3) is 0 Å². The quantitative estimate of drug-likeness (QED) is 0.789. The third-order valence-corrected chi connectivity index (χ3v) is 3.03. The Bertz CT molecular complexity index is 491. The van der Waals surface area contributed by atoms with Crippen LogP contribution in [0.5, 0.6) is 0 Å². The van der Waals surface area contributed by atoms with Gasteiger partial charge >= 0.3 is 0 Å². The lowest BCUT2D eigenvalue weighted by Gasteiger charge is -2.22. The first-order chi connectivity index (χ1) is 8.36. The summed E-state index contributed by atoms with van der Waals surface area (Å²) in [6, 6.07) is 1.97. The molecule has 0 aromatic carbocycles. The van der Waals surface area contributed by atoms with Gasteiger partial charge in [-0.25, -0.2) is 0 Å². The number of aromatic amines is 2. The largest absolute Gasteiger partial charge is 0.329 e. The van der Waals surface area contributed by atoms with Gasteiger partial charge in [0.15, 0.2) is 5.69 Å². The van der Waals surface area contributed by atoms with Crippen molar-refractivity contribution in [2.24, 2.45) is 0 Å². The molecule has 1 unspecified atom stereocenters. The summed E-state index contributed by atoms with van der Waals surface area (Å²) in [5.74, 6) is -0.0872. The molecule has 1 aliphatic heterocycles. The maximum absolute atomic E-state index is 12.2. The van der Waals surface area contributed by atoms with E-state index in [0.29, 0.717) is 5.69 Å². The predicted molar refractivity (Wildman–Crippen MR) is 58.0 cm³/mol. The molecule has 1 atom stereocenters. The number of H-pyrrole nitrogens is 2. The number of likely N-dealkylation sites (tertiary alicyclic amines) is 1. The van der Waals surface area contributed by atoms with Gasteiger partial charge < -0.3 is 4.90 Å². The Balaban J connectivity index is 1.85. The minimum atomic E-state index is -0.0872. The van der Waals surface area contributed by atoms with Crippen molar-refractivity contribution in [3.63, 3.8) is 0 Å². The normalized spacial score (nSPS) is 19.8. The monoisotopic (exact) mass is 232 g/mol. The summed E-state index contributed by atoms with van der Waals surface area (Å²) in [4.78, 5) is 14.0. The van der Waals surface area contributed by atoms with Gasteiger partial charge in [-0.05, 0) is 18.9 Å². The Kier molecular flexibility index (Phi) is 2.36. The molecule has 3 rings (SSSR count). The zero-order valence-corrected chi connectivity index (χ0v) is 9.13. The Morgan fingerprint density at radius 2 is 2.41 bits per heavy atom. The molecule has 7 heteroatoms. The van der Waals surface area contributed by atoms with E-state index in [1.165, 1.54) is 6.20 Å². The highest BCUT2D eigenvalue weighted by Gasteiger charge is 2.32. The lowest BCUT2D eigenvalue weighted by atomic mass is 10.1. The summed E-state index contributed by atoms with van der Waals surface area (Å²) in [6.45, 7) is 0.745. The van der Waals surface area contributed by atoms with Gasteiger partial charge in [0.05, 0.1) is 17.9 Å². The van der Waals surface area contributed by atoms with E-state index < -0.39 is 0 Å². The van der Waals surface area contributed by atoms with Gasteiger partial charge in [-0.3, -0.25) is 9.89 Å². The lowest BCUT2D eigenvalue weighted by Crippen LogP contribution is -2.31. The number of aromatic nitrogens is 5. The molecule has 0 bridgehead atoms. The molecule has 1 amide bonds. The van der Waals surface area contributed by atoms with Crippen molar-refractivity contribution < 1.29 is 4.79 Å². The summed E-state index contributed by atoms with van der Waals surface area (Å²) >= 11 is 0. The number of amides is 1. The zero-order chi connectivity index (χ0) is 11.7. The molecular formula is C10H12N6O. The summed E-state index contributed by atoms with van der Waals surface area (Å²) < 4.78 is 0. The van der Waals surface area contributed by atoms with Crippen LogP contribution in [0.4, 0.5) is 0 Å². The first-order valence-electron chi connectivity index (χ1n) is 5.52. The molecule has 2 aromatic heterocycles. The molecule has 0 saturated carbocycles. The highest BCUT2D eigenvalue weighted by molar-refractivity contribution is 5.92. The Morgan fingerprint density at radius 3 is 3.12 bits per heavy atom. The zero-order valence-electron chi connectivity index (χ0n) is 9.13. The van der Waals surface area contributed by atoms with E-state index in [4.69, 9.17) is 0 Å². The number of rotatable bonds is 2. The molecule has 2 aromatic rings. The van der Waals surface area contributed by atoms with E-state index in [2.05, 4.69) is 25.6 Å². The second-order valence-corrected chi connectivity index (χ2v) is 4.02. The topological polar surface area (TPSA) is 90.6 Å². The Morgan fingerprint density at radius 1 is 1.47 bits per heavy atom. The van der Waals surface area contributed by atoms with E-state index >= 15 is 0 Å². The molecule has 1 fully saturated rings. The number of hydrogen-bond donors (Lipinski definition) is 2. The van der Waals surface area contributed by atoms with E-state index in [1.807, 2.05) is 11.0 Å². The van der Waals surface area contributed by atoms with Gasteiger partial charge in [0.25, 0.3) is 5.91 Å². The van der Waals surface area contributed by atoms with Crippen molar-refractivity contribution >= 4 is 5.91 Å². The second-order valence-electron chi connectivity index (χ2n) is 4.02. The predicted octanol–water partition coefficient (Wildman–Crippen LogP) is 0.505. The van der Waals surface area contributed by atoms with Crippen LogP contribution in [-0.4, -0.2) is 43.0 Å². The number of nitrogens with zero attached hydrogens (tertiary/aromatic N) is 4. The lowest BCUT2D eigenvalue weighted by molar-refractivity contribution is 0.0727. The summed E-state index contributed by atoms with van der Waals surface area (Å²) in [5.41, 5.74) is 1.33. The number of nitrogens with one attached hydrogen (secondary N) is 2. The van der Waals surface area contributed by atoms with Crippen LogP contribution in [0.3, 0.4) is 0 Å². The molecule has 7 nitrogen and oxygen atoms in total. The van der Waals surface area contributed by atoms with Crippen LogP contribution in [-0.2, 0) is 0 Å². The highest BCUT2D eigenvalue weighted by atomic mass is 16.2. The van der Waals surface area contributed by atoms with Crippen molar-refractivity contribution in [2.75, 3.05) is 6.54 Å². The van der Waals surface area contributed by atoms with Gasteiger partial charge in [0.1, 0.15) is 0 Å². The average molecular weight is 232 g/mol. The van der Waals surface area contributed by atoms with Gasteiger partial charge in [0.2, 0.25) is 0 Å². The number of carbonyl (C=O) groups excluding carboxylic acids is 1. The molecule has 3 heterocycles. The first kappa shape index (κ1) is 10.0. The molecule has 0 spiro atoms. The van der Waals surface area contributed by atoms with E-state index in [9.17, 15) is 4.79 Å². The van der Waals surface area contributed by atoms with E-state index in [-0.39, 0.29) is 11.9 Å². The van der Waals surface area contributed by atoms with Crippen LogP contribution in [0, 0.1) is 0 Å². The standard InChI is InChI=1S/C10H12N6O/c17-10(8-6-12-15-14-8)16-5-1-2-9(16)7-3-4-11-13-7/h3-4,6,9H,1-2,5H2,(H,11,13)(H,12,14,15). The molecule has 88 valence electrons. The number of hydrogen-bond acceptors (Lipinski definition) is 4. The fraction of sp³-hybridized carbons (Fsp3) is 0.400. The van der Waals surface area contributed by atoms with Crippen LogP contribution in [0.15, 0.2) is 18.5 Å². The van der Waals surface area contributed by atoms with E-state index in [0.717, 1.165) is 25.1 Å². The molecule has 0 aliphatic carbocycles. The summed E-state index contributed by atoms with van der Waals surface area (Å²) in [7, 11) is 0. The van der Waals surface area contributed by atoms with E-state index in [1.54, 1.807) is 6.20 Å². The second kappa shape index (κ2) is 4.00. The molecule has 17 heavy (non-hydrogen) atoms. The van der Waals surface area contributed by atoms with Crippen LogP contribution in [0.2, 0.25) is 0 Å². The minimum absolute atomic E-state index is 0.0710. The highest BCUT2D eigenvalue weighted by Crippen LogP contribution is 2.31. The Labute approximate surface area is 97.2 Å². The average Bonchev–Trinajstić information content (AvgIpc) is 3.09. The fourth-order valence-electron chi connectivity index (χ4n) is 2.24. The SMILES string of the molecule is O=C(c1cn[nH]n1)N1CCCC1c1ccn[nH]1. The third kappa shape index (κ3) is 1.69. The summed E-state index contributed by atoms with van der Waals surface area (Å²) in [5, 5.41) is 16.8. The van der Waals surface area contributed by atoms with Crippen LogP contribution < -0.4 is 0 Å². The smallest absolute Gasteiger partial charge is 0.276 e. The van der Waals surface area contributed by atoms with Crippen LogP contribution >= 0.6 is 0 Å². The molecule has 0 radical (unpaired) electrons. The van der Waals surface area contributed by atoms with Gasteiger partial charge in [-0.1, -0.05) is 0 Å². The van der Waals surface area contributed by atoms with Crippen molar-refractivity contribution in [1.29, 1.82) is 0 Å². The van der Waals surface area contributed by atoms with Gasteiger partial charge in [0, 0.05) is 12.7 Å². The molecule has 1 saturated heterocycles. The number of carbonyl (C=O) groups is 1. The summed E-state index contributed by atoms with van der Waals surface area (Å²) in [6.07, 6.45) is 5.09. The molecule has 1 aliphatic rings. The molecule has 2 N–H and O–H groups in total. The molecular weight excluding hydrogens is 220 g/mol. The minimum Gasteiger partial charge on any atom is -0.329 e. The van der Waals surface area contributed by atoms with Crippen molar-refractivity contribution in [3.8, 4) is 0 Å². The Hall–Kier alpha value is -2.18. The van der Waals surface area contributed by atoms with Crippen molar-refractivity contribution in [2.45, 2.75) is 18.9 Å². The van der Waals surface area contributed by atoms with Crippen molar-refractivity contribution in [1.82, 2.24) is 30.5 Å². The fourth-order valence-corrected chi connectivity index (χ4v) is 2.24. The van der Waals surface area contributed by atoms with Gasteiger partial charge in [-0.15, -0.1) is 0 Å².